The minimum Gasteiger partial charge on any atom is -0.413 e. The Balaban J connectivity index is 2.16. The summed E-state index contributed by atoms with van der Waals surface area (Å²) in [6.45, 7) is 13.9. The lowest BCUT2D eigenvalue weighted by Crippen LogP contribution is -2.43. The van der Waals surface area contributed by atoms with Gasteiger partial charge >= 0.3 is 0 Å². The maximum Gasteiger partial charge on any atom is 0.192 e. The van der Waals surface area contributed by atoms with Gasteiger partial charge in [0, 0.05) is 11.8 Å². The van der Waals surface area contributed by atoms with E-state index in [1.165, 1.54) is 17.7 Å². The second kappa shape index (κ2) is 6.48. The van der Waals surface area contributed by atoms with Crippen LogP contribution in [0.3, 0.4) is 0 Å². The Morgan fingerprint density at radius 2 is 1.78 bits per heavy atom. The highest BCUT2D eigenvalue weighted by atomic mass is 28.4. The fourth-order valence-corrected chi connectivity index (χ4v) is 4.22. The molecule has 23 heavy (non-hydrogen) atoms. The van der Waals surface area contributed by atoms with Gasteiger partial charge in [-0.05, 0) is 54.6 Å². The monoisotopic (exact) mass is 334 g/mol. The molecule has 0 N–H and O–H groups in total. The molecule has 0 heterocycles. The molecule has 0 aromatic carbocycles. The molecule has 0 aliphatic heterocycles. The summed E-state index contributed by atoms with van der Waals surface area (Å²) in [6, 6.07) is 0. The molecule has 0 bridgehead atoms. The van der Waals surface area contributed by atoms with Crippen molar-refractivity contribution in [3.63, 3.8) is 0 Å². The van der Waals surface area contributed by atoms with Gasteiger partial charge in [-0.1, -0.05) is 33.8 Å². The molecule has 0 saturated carbocycles. The number of rotatable bonds is 4. The van der Waals surface area contributed by atoms with Gasteiger partial charge < -0.3 is 4.43 Å². The van der Waals surface area contributed by atoms with Crippen LogP contribution >= 0.6 is 0 Å². The summed E-state index contributed by atoms with van der Waals surface area (Å²) in [5, 5.41) is 0.175. The summed E-state index contributed by atoms with van der Waals surface area (Å²) in [5.74, 6) is 0.0378. The van der Waals surface area contributed by atoms with Crippen molar-refractivity contribution in [1.82, 2.24) is 0 Å². The molecule has 0 amide bonds. The standard InChI is InChI=1S/C19H30O3Si/c1-7-14-10-13(12-22-23(5,6)19(2,3)4)11-15-16(20)8-9-17(21)18(14)15/h8-10,14-15,18H,7,11-12H2,1-6H3/t14-,15-,18-/m1/s1. The Morgan fingerprint density at radius 1 is 1.17 bits per heavy atom. The van der Waals surface area contributed by atoms with Crippen LogP contribution in [-0.2, 0) is 14.0 Å². The Kier molecular flexibility index (Phi) is 5.17. The zero-order valence-electron chi connectivity index (χ0n) is 15.3. The van der Waals surface area contributed by atoms with Gasteiger partial charge in [-0.2, -0.15) is 0 Å². The molecule has 3 nitrogen and oxygen atoms in total. The number of carbonyl (C=O) groups excluding carboxylic acids is 2. The molecule has 2 aliphatic rings. The topological polar surface area (TPSA) is 43.4 Å². The van der Waals surface area contributed by atoms with Crippen LogP contribution in [0.15, 0.2) is 23.8 Å². The van der Waals surface area contributed by atoms with Gasteiger partial charge in [-0.15, -0.1) is 0 Å². The summed E-state index contributed by atoms with van der Waals surface area (Å²) < 4.78 is 6.32. The number of allylic oxidation sites excluding steroid dienone is 3. The SMILES string of the molecule is CC[C@@H]1C=C(CO[Si](C)(C)C(C)(C)C)C[C@@H]2C(=O)C=CC(=O)[C@@H]21. The van der Waals surface area contributed by atoms with Crippen molar-refractivity contribution in [2.45, 2.75) is 58.7 Å². The maximum atomic E-state index is 12.2. The summed E-state index contributed by atoms with van der Waals surface area (Å²) in [7, 11) is -1.80. The van der Waals surface area contributed by atoms with E-state index in [9.17, 15) is 9.59 Å². The zero-order chi connectivity index (χ0) is 17.4. The highest BCUT2D eigenvalue weighted by Crippen LogP contribution is 2.41. The summed E-state index contributed by atoms with van der Waals surface area (Å²) in [4.78, 5) is 24.4. The summed E-state index contributed by atoms with van der Waals surface area (Å²) in [6.07, 6.45) is 6.70. The molecule has 2 aliphatic carbocycles. The fraction of sp³-hybridized carbons (Fsp3) is 0.684. The second-order valence-electron chi connectivity index (χ2n) is 8.42. The minimum atomic E-state index is -1.80. The molecular weight excluding hydrogens is 304 g/mol. The van der Waals surface area contributed by atoms with Crippen LogP contribution in [0.1, 0.15) is 40.5 Å². The number of fused-ring (bicyclic) bond motifs is 1. The molecule has 3 atom stereocenters. The predicted molar refractivity (Wildman–Crippen MR) is 95.8 cm³/mol. The lowest BCUT2D eigenvalue weighted by atomic mass is 9.66. The van der Waals surface area contributed by atoms with Crippen molar-refractivity contribution in [3.05, 3.63) is 23.8 Å². The van der Waals surface area contributed by atoms with Crippen molar-refractivity contribution < 1.29 is 14.0 Å². The molecule has 0 saturated heterocycles. The van der Waals surface area contributed by atoms with Gasteiger partial charge in [-0.3, -0.25) is 9.59 Å². The first-order valence-electron chi connectivity index (χ1n) is 8.66. The van der Waals surface area contributed by atoms with E-state index >= 15 is 0 Å². The third-order valence-corrected chi connectivity index (χ3v) is 10.3. The molecule has 0 aromatic rings. The molecule has 2 rings (SSSR count). The quantitative estimate of drug-likeness (QED) is 0.568. The van der Waals surface area contributed by atoms with Gasteiger partial charge in [0.25, 0.3) is 0 Å². The van der Waals surface area contributed by atoms with E-state index < -0.39 is 8.32 Å². The lowest BCUT2D eigenvalue weighted by Gasteiger charge is -2.39. The number of hydrogen-bond donors (Lipinski definition) is 0. The van der Waals surface area contributed by atoms with Gasteiger partial charge in [0.15, 0.2) is 19.9 Å². The Bertz CT molecular complexity index is 551. The third kappa shape index (κ3) is 3.74. The molecular formula is C19H30O3Si. The Labute approximate surface area is 141 Å². The molecule has 0 spiro atoms. The minimum absolute atomic E-state index is 0.103. The summed E-state index contributed by atoms with van der Waals surface area (Å²) >= 11 is 0. The summed E-state index contributed by atoms with van der Waals surface area (Å²) in [5.41, 5.74) is 1.19. The predicted octanol–water partition coefficient (Wildman–Crippen LogP) is 4.30. The second-order valence-corrected chi connectivity index (χ2v) is 13.2. The van der Waals surface area contributed by atoms with Gasteiger partial charge in [0.1, 0.15) is 0 Å². The van der Waals surface area contributed by atoms with Crippen molar-refractivity contribution in [2.75, 3.05) is 6.61 Å². The van der Waals surface area contributed by atoms with Crippen LogP contribution < -0.4 is 0 Å². The van der Waals surface area contributed by atoms with Crippen molar-refractivity contribution >= 4 is 19.9 Å². The third-order valence-electron chi connectivity index (χ3n) is 5.83. The zero-order valence-corrected chi connectivity index (χ0v) is 16.3. The highest BCUT2D eigenvalue weighted by Gasteiger charge is 2.42. The van der Waals surface area contributed by atoms with E-state index in [1.54, 1.807) is 0 Å². The average Bonchev–Trinajstić information content (AvgIpc) is 2.47. The van der Waals surface area contributed by atoms with Crippen LogP contribution in [0, 0.1) is 17.8 Å². The van der Waals surface area contributed by atoms with E-state index in [0.29, 0.717) is 13.0 Å². The van der Waals surface area contributed by atoms with E-state index in [2.05, 4.69) is 46.9 Å². The van der Waals surface area contributed by atoms with Crippen LogP contribution in [0.5, 0.6) is 0 Å². The van der Waals surface area contributed by atoms with Crippen molar-refractivity contribution in [1.29, 1.82) is 0 Å². The van der Waals surface area contributed by atoms with Crippen LogP contribution in [0.25, 0.3) is 0 Å². The van der Waals surface area contributed by atoms with Crippen molar-refractivity contribution in [2.24, 2.45) is 17.8 Å². The normalized spacial score (nSPS) is 28.6. The van der Waals surface area contributed by atoms with Crippen molar-refractivity contribution in [3.8, 4) is 0 Å². The van der Waals surface area contributed by atoms with Gasteiger partial charge in [0.05, 0.1) is 6.61 Å². The number of hydrogen-bond acceptors (Lipinski definition) is 3. The van der Waals surface area contributed by atoms with E-state index in [0.717, 1.165) is 6.42 Å². The molecule has 0 unspecified atom stereocenters. The largest absolute Gasteiger partial charge is 0.413 e. The van der Waals surface area contributed by atoms with E-state index in [1.807, 2.05) is 0 Å². The Morgan fingerprint density at radius 3 is 2.35 bits per heavy atom. The van der Waals surface area contributed by atoms with E-state index in [-0.39, 0.29) is 34.4 Å². The number of carbonyl (C=O) groups is 2. The van der Waals surface area contributed by atoms with Crippen LogP contribution in [0.2, 0.25) is 18.1 Å². The van der Waals surface area contributed by atoms with Crippen LogP contribution in [-0.4, -0.2) is 26.5 Å². The number of ketones is 2. The smallest absolute Gasteiger partial charge is 0.192 e. The Hall–Kier alpha value is -1.00. The molecule has 0 fully saturated rings. The molecule has 0 radical (unpaired) electrons. The first-order valence-corrected chi connectivity index (χ1v) is 11.6. The molecule has 4 heteroatoms. The molecule has 0 aromatic heterocycles. The maximum absolute atomic E-state index is 12.2. The van der Waals surface area contributed by atoms with Gasteiger partial charge in [-0.25, -0.2) is 0 Å². The average molecular weight is 335 g/mol. The van der Waals surface area contributed by atoms with Gasteiger partial charge in [0.2, 0.25) is 0 Å². The lowest BCUT2D eigenvalue weighted by molar-refractivity contribution is -0.130. The van der Waals surface area contributed by atoms with E-state index in [4.69, 9.17) is 4.43 Å². The first-order chi connectivity index (χ1) is 10.6. The molecule has 128 valence electrons. The first kappa shape index (κ1) is 18.3. The van der Waals surface area contributed by atoms with Crippen LogP contribution in [0.4, 0.5) is 0 Å². The fourth-order valence-electron chi connectivity index (χ4n) is 3.24. The highest BCUT2D eigenvalue weighted by molar-refractivity contribution is 6.74.